The van der Waals surface area contributed by atoms with Gasteiger partial charge in [-0.3, -0.25) is 0 Å². The van der Waals surface area contributed by atoms with Gasteiger partial charge in [0, 0.05) is 0 Å². The molecule has 0 bridgehead atoms. The molecule has 0 aliphatic carbocycles. The highest BCUT2D eigenvalue weighted by atomic mass is 16.7. The normalized spacial score (nSPS) is 8.44. The first-order chi connectivity index (χ1) is 4.27. The zero-order valence-electron chi connectivity index (χ0n) is 4.87. The van der Waals surface area contributed by atoms with Gasteiger partial charge in [-0.05, 0) is 0 Å². The quantitative estimate of drug-likeness (QED) is 0.266. The van der Waals surface area contributed by atoms with Gasteiger partial charge in [0.15, 0.2) is 6.79 Å². The largest absolute Gasteiger partial charge is 0.507 e. The van der Waals surface area contributed by atoms with Crippen molar-refractivity contribution in [3.63, 3.8) is 0 Å². The van der Waals surface area contributed by atoms with Crippen LogP contribution in [0.15, 0.2) is 12.7 Å². The molecule has 0 aliphatic rings. The molecule has 0 fully saturated rings. The second-order valence-corrected chi connectivity index (χ2v) is 1.19. The zero-order valence-corrected chi connectivity index (χ0v) is 4.87. The van der Waals surface area contributed by atoms with E-state index in [0.29, 0.717) is 6.61 Å². The minimum Gasteiger partial charge on any atom is -0.450 e. The Morgan fingerprint density at radius 1 is 1.78 bits per heavy atom. The standard InChI is InChI=1S/C5H8O4/c1-2-3-8-4-9-5(6)7/h2H,1,3-4H2,(H,6,7). The van der Waals surface area contributed by atoms with Crippen LogP contribution < -0.4 is 0 Å². The maximum atomic E-state index is 9.63. The summed E-state index contributed by atoms with van der Waals surface area (Å²) < 4.78 is 8.56. The topological polar surface area (TPSA) is 55.8 Å². The summed E-state index contributed by atoms with van der Waals surface area (Å²) in [5.74, 6) is 0. The molecule has 1 N–H and O–H groups in total. The average Bonchev–Trinajstić information content (AvgIpc) is 1.80. The molecule has 9 heavy (non-hydrogen) atoms. The van der Waals surface area contributed by atoms with E-state index < -0.39 is 6.16 Å². The Labute approximate surface area is 52.7 Å². The second kappa shape index (κ2) is 5.11. The summed E-state index contributed by atoms with van der Waals surface area (Å²) in [4.78, 5) is 9.63. The number of hydrogen-bond acceptors (Lipinski definition) is 3. The lowest BCUT2D eigenvalue weighted by Crippen LogP contribution is -2.04. The van der Waals surface area contributed by atoms with E-state index in [0.717, 1.165) is 0 Å². The molecule has 0 heterocycles. The van der Waals surface area contributed by atoms with E-state index in [1.165, 1.54) is 6.08 Å². The molecule has 0 atom stereocenters. The first-order valence-electron chi connectivity index (χ1n) is 2.31. The van der Waals surface area contributed by atoms with E-state index in [-0.39, 0.29) is 6.79 Å². The van der Waals surface area contributed by atoms with Crippen LogP contribution in [-0.2, 0) is 9.47 Å². The van der Waals surface area contributed by atoms with Gasteiger partial charge in [0.2, 0.25) is 0 Å². The number of hydrogen-bond donors (Lipinski definition) is 1. The average molecular weight is 132 g/mol. The van der Waals surface area contributed by atoms with Crippen molar-refractivity contribution in [3.05, 3.63) is 12.7 Å². The van der Waals surface area contributed by atoms with E-state index in [4.69, 9.17) is 5.11 Å². The van der Waals surface area contributed by atoms with Crippen LogP contribution in [0.25, 0.3) is 0 Å². The molecule has 0 rings (SSSR count). The van der Waals surface area contributed by atoms with Crippen molar-refractivity contribution in [2.45, 2.75) is 0 Å². The van der Waals surface area contributed by atoms with Gasteiger partial charge in [0.1, 0.15) is 0 Å². The molecule has 4 nitrogen and oxygen atoms in total. The number of carbonyl (C=O) groups is 1. The second-order valence-electron chi connectivity index (χ2n) is 1.19. The molecule has 0 aromatic carbocycles. The van der Waals surface area contributed by atoms with Gasteiger partial charge in [-0.2, -0.15) is 0 Å². The van der Waals surface area contributed by atoms with Crippen molar-refractivity contribution in [1.82, 2.24) is 0 Å². The van der Waals surface area contributed by atoms with Crippen LogP contribution in [0, 0.1) is 0 Å². The van der Waals surface area contributed by atoms with Crippen molar-refractivity contribution in [2.75, 3.05) is 13.4 Å². The van der Waals surface area contributed by atoms with Gasteiger partial charge in [0.25, 0.3) is 0 Å². The minimum atomic E-state index is -1.33. The Morgan fingerprint density at radius 3 is 2.89 bits per heavy atom. The fourth-order valence-corrected chi connectivity index (χ4v) is 0.224. The SMILES string of the molecule is C=CCOCOC(=O)O. The van der Waals surface area contributed by atoms with E-state index >= 15 is 0 Å². The maximum Gasteiger partial charge on any atom is 0.507 e. The van der Waals surface area contributed by atoms with Crippen molar-refractivity contribution >= 4 is 6.16 Å². The Morgan fingerprint density at radius 2 is 2.44 bits per heavy atom. The highest BCUT2D eigenvalue weighted by Gasteiger charge is 1.91. The highest BCUT2D eigenvalue weighted by Crippen LogP contribution is 1.78. The highest BCUT2D eigenvalue weighted by molar-refractivity contribution is 5.56. The lowest BCUT2D eigenvalue weighted by Gasteiger charge is -1.97. The van der Waals surface area contributed by atoms with Crippen LogP contribution in [0.3, 0.4) is 0 Å². The summed E-state index contributed by atoms with van der Waals surface area (Å²) in [6.07, 6.45) is 0.171. The van der Waals surface area contributed by atoms with E-state index in [9.17, 15) is 4.79 Å². The fourth-order valence-electron chi connectivity index (χ4n) is 0.224. The van der Waals surface area contributed by atoms with Crippen molar-refractivity contribution in [1.29, 1.82) is 0 Å². The summed E-state index contributed by atoms with van der Waals surface area (Å²) in [5.41, 5.74) is 0. The summed E-state index contributed by atoms with van der Waals surface area (Å²) >= 11 is 0. The van der Waals surface area contributed by atoms with Gasteiger partial charge in [-0.25, -0.2) is 4.79 Å². The van der Waals surface area contributed by atoms with E-state index in [1.54, 1.807) is 0 Å². The minimum absolute atomic E-state index is 0.235. The molecule has 0 unspecified atom stereocenters. The molecule has 0 spiro atoms. The molecule has 0 aromatic heterocycles. The Kier molecular flexibility index (Phi) is 4.53. The van der Waals surface area contributed by atoms with Gasteiger partial charge in [-0.15, -0.1) is 6.58 Å². The summed E-state index contributed by atoms with van der Waals surface area (Å²) in [6.45, 7) is 3.41. The third-order valence-corrected chi connectivity index (χ3v) is 0.501. The third kappa shape index (κ3) is 6.97. The Hall–Kier alpha value is -1.03. The van der Waals surface area contributed by atoms with Crippen LogP contribution in [0.5, 0.6) is 0 Å². The first-order valence-corrected chi connectivity index (χ1v) is 2.31. The molecule has 0 aliphatic heterocycles. The number of carboxylic acid groups (broad SMARTS) is 1. The van der Waals surface area contributed by atoms with Crippen LogP contribution in [0.1, 0.15) is 0 Å². The van der Waals surface area contributed by atoms with Crippen molar-refractivity contribution in [2.24, 2.45) is 0 Å². The maximum absolute atomic E-state index is 9.63. The molecule has 0 aromatic rings. The van der Waals surface area contributed by atoms with Crippen molar-refractivity contribution < 1.29 is 19.4 Å². The van der Waals surface area contributed by atoms with Crippen LogP contribution in [0.4, 0.5) is 4.79 Å². The lowest BCUT2D eigenvalue weighted by atomic mass is 10.7. The fraction of sp³-hybridized carbons (Fsp3) is 0.400. The lowest BCUT2D eigenvalue weighted by molar-refractivity contribution is -0.0239. The number of ether oxygens (including phenoxy) is 2. The molecule has 0 amide bonds. The molecule has 52 valence electrons. The van der Waals surface area contributed by atoms with Crippen LogP contribution in [-0.4, -0.2) is 24.7 Å². The molecule has 0 saturated heterocycles. The molecular formula is C5H8O4. The van der Waals surface area contributed by atoms with Gasteiger partial charge in [0.05, 0.1) is 6.61 Å². The number of rotatable bonds is 4. The Bertz CT molecular complexity index is 99.1. The molecule has 0 saturated carbocycles. The predicted molar refractivity (Wildman–Crippen MR) is 30.1 cm³/mol. The smallest absolute Gasteiger partial charge is 0.450 e. The summed E-state index contributed by atoms with van der Waals surface area (Å²) in [6, 6.07) is 0. The van der Waals surface area contributed by atoms with Gasteiger partial charge < -0.3 is 14.6 Å². The zero-order chi connectivity index (χ0) is 7.11. The molecule has 4 heteroatoms. The van der Waals surface area contributed by atoms with E-state index in [1.807, 2.05) is 0 Å². The first kappa shape index (κ1) is 7.97. The van der Waals surface area contributed by atoms with Crippen LogP contribution in [0.2, 0.25) is 0 Å². The van der Waals surface area contributed by atoms with E-state index in [2.05, 4.69) is 16.1 Å². The van der Waals surface area contributed by atoms with Gasteiger partial charge in [-0.1, -0.05) is 6.08 Å². The summed E-state index contributed by atoms with van der Waals surface area (Å²) in [7, 11) is 0. The van der Waals surface area contributed by atoms with Gasteiger partial charge >= 0.3 is 6.16 Å². The van der Waals surface area contributed by atoms with Crippen LogP contribution >= 0.6 is 0 Å². The monoisotopic (exact) mass is 132 g/mol. The third-order valence-electron chi connectivity index (χ3n) is 0.501. The molecule has 0 radical (unpaired) electrons. The summed E-state index contributed by atoms with van der Waals surface area (Å²) in [5, 5.41) is 7.88. The molecular weight excluding hydrogens is 124 g/mol. The predicted octanol–water partition coefficient (Wildman–Crippen LogP) is 0.841. The van der Waals surface area contributed by atoms with Crippen molar-refractivity contribution in [3.8, 4) is 0 Å². The Balaban J connectivity index is 2.91.